The third-order valence-corrected chi connectivity index (χ3v) is 7.76. The Morgan fingerprint density at radius 1 is 1.14 bits per heavy atom. The standard InChI is InChI=1S/C26H34N8O3/c1-15(16-9-8-10-16)29-21-19-22(32-23(31-21)20(27)30-25(35)36)33-24(34(19)17-11-4-3-5-12-17)26(2,37)18-13-6-7-14-28-18/h6-7,13-17,37H,3-5,8-12H2,1-2H3,(H2,27,30)(H,35,36)(H,29,31,32)/t15-,26?/m1/s1. The average Bonchev–Trinajstić information content (AvgIpc) is 3.24. The van der Waals surface area contributed by atoms with Gasteiger partial charge < -0.3 is 20.1 Å². The van der Waals surface area contributed by atoms with Gasteiger partial charge in [-0.05, 0) is 57.6 Å². The van der Waals surface area contributed by atoms with Gasteiger partial charge in [0.1, 0.15) is 11.3 Å². The molecule has 11 nitrogen and oxygen atoms in total. The highest BCUT2D eigenvalue weighted by Gasteiger charge is 2.37. The number of anilines is 1. The van der Waals surface area contributed by atoms with Crippen LogP contribution in [0.1, 0.15) is 88.6 Å². The number of amides is 1. The van der Waals surface area contributed by atoms with Crippen LogP contribution < -0.4 is 10.6 Å². The lowest BCUT2D eigenvalue weighted by molar-refractivity contribution is 0.0806. The van der Waals surface area contributed by atoms with Gasteiger partial charge in [0.25, 0.3) is 0 Å². The number of carboxylic acid groups (broad SMARTS) is 1. The van der Waals surface area contributed by atoms with E-state index in [9.17, 15) is 9.90 Å². The molecular formula is C26H34N8O3. The monoisotopic (exact) mass is 506 g/mol. The van der Waals surface area contributed by atoms with Gasteiger partial charge in [-0.1, -0.05) is 31.7 Å². The molecule has 0 radical (unpaired) electrons. The first-order valence-corrected chi connectivity index (χ1v) is 13.1. The Labute approximate surface area is 215 Å². The Bertz CT molecular complexity index is 1300. The summed E-state index contributed by atoms with van der Waals surface area (Å²) in [4.78, 5) is 29.6. The van der Waals surface area contributed by atoms with E-state index in [1.54, 1.807) is 25.3 Å². The molecule has 0 aromatic carbocycles. The highest BCUT2D eigenvalue weighted by molar-refractivity contribution is 6.03. The number of nitrogens with zero attached hydrogens (tertiary/aromatic N) is 5. The van der Waals surface area contributed by atoms with E-state index in [0.29, 0.717) is 34.4 Å². The van der Waals surface area contributed by atoms with E-state index < -0.39 is 17.5 Å². The average molecular weight is 507 g/mol. The third kappa shape index (κ3) is 4.87. The molecule has 2 saturated carbocycles. The predicted octanol–water partition coefficient (Wildman–Crippen LogP) is 4.18. The minimum Gasteiger partial charge on any atom is -0.465 e. The van der Waals surface area contributed by atoms with E-state index in [4.69, 9.17) is 15.5 Å². The van der Waals surface area contributed by atoms with Crippen molar-refractivity contribution in [2.45, 2.75) is 82.9 Å². The topological polar surface area (TPSA) is 162 Å². The summed E-state index contributed by atoms with van der Waals surface area (Å²) in [6.07, 6.45) is 8.92. The molecule has 37 heavy (non-hydrogen) atoms. The van der Waals surface area contributed by atoms with Crippen molar-refractivity contribution in [2.24, 2.45) is 5.92 Å². The molecule has 5 rings (SSSR count). The normalized spacial score (nSPS) is 19.1. The number of hydrogen-bond donors (Lipinski definition) is 5. The lowest BCUT2D eigenvalue weighted by Crippen LogP contribution is -2.33. The van der Waals surface area contributed by atoms with Gasteiger partial charge in [-0.3, -0.25) is 15.7 Å². The lowest BCUT2D eigenvalue weighted by Gasteiger charge is -2.33. The van der Waals surface area contributed by atoms with Crippen molar-refractivity contribution in [2.75, 3.05) is 5.32 Å². The van der Waals surface area contributed by atoms with Crippen LogP contribution >= 0.6 is 0 Å². The number of fused-ring (bicyclic) bond motifs is 1. The first-order chi connectivity index (χ1) is 17.8. The Hall–Kier alpha value is -3.60. The SMILES string of the molecule is C[C@@H](Nc1nc(C(=N)NC(=O)O)nc2nc(C(C)(O)c3ccccn3)n(C3CCCCC3)c12)C1CCC1. The molecule has 0 spiro atoms. The Morgan fingerprint density at radius 3 is 2.51 bits per heavy atom. The molecule has 2 atom stereocenters. The van der Waals surface area contributed by atoms with Crippen LogP contribution in [-0.2, 0) is 5.60 Å². The van der Waals surface area contributed by atoms with Crippen molar-refractivity contribution in [1.82, 2.24) is 29.8 Å². The summed E-state index contributed by atoms with van der Waals surface area (Å²) >= 11 is 0. The summed E-state index contributed by atoms with van der Waals surface area (Å²) in [7, 11) is 0. The van der Waals surface area contributed by atoms with E-state index in [0.717, 1.165) is 44.9 Å². The van der Waals surface area contributed by atoms with E-state index in [1.807, 2.05) is 11.4 Å². The van der Waals surface area contributed by atoms with Crippen molar-refractivity contribution in [3.63, 3.8) is 0 Å². The molecule has 1 amide bonds. The second-order valence-corrected chi connectivity index (χ2v) is 10.4. The Balaban J connectivity index is 1.72. The van der Waals surface area contributed by atoms with E-state index >= 15 is 0 Å². The van der Waals surface area contributed by atoms with Crippen LogP contribution in [0, 0.1) is 11.3 Å². The molecule has 196 valence electrons. The molecule has 2 aliphatic rings. The number of nitrogens with one attached hydrogen (secondary N) is 3. The first kappa shape index (κ1) is 25.1. The zero-order valence-electron chi connectivity index (χ0n) is 21.2. The molecule has 0 aliphatic heterocycles. The van der Waals surface area contributed by atoms with Crippen LogP contribution in [0.4, 0.5) is 10.6 Å². The van der Waals surface area contributed by atoms with Crippen LogP contribution in [-0.4, -0.2) is 52.7 Å². The van der Waals surface area contributed by atoms with Gasteiger partial charge in [-0.25, -0.2) is 19.7 Å². The number of rotatable bonds is 7. The van der Waals surface area contributed by atoms with Gasteiger partial charge in [-0.2, -0.15) is 0 Å². The maximum Gasteiger partial charge on any atom is 0.410 e. The maximum atomic E-state index is 11.8. The number of amidine groups is 1. The smallest absolute Gasteiger partial charge is 0.410 e. The summed E-state index contributed by atoms with van der Waals surface area (Å²) in [5.74, 6) is 0.913. The van der Waals surface area contributed by atoms with Crippen LogP contribution in [0.3, 0.4) is 0 Å². The largest absolute Gasteiger partial charge is 0.465 e. The van der Waals surface area contributed by atoms with Crippen molar-refractivity contribution in [3.05, 3.63) is 41.7 Å². The first-order valence-electron chi connectivity index (χ1n) is 13.1. The molecule has 2 aliphatic carbocycles. The molecule has 0 bridgehead atoms. The lowest BCUT2D eigenvalue weighted by atomic mass is 9.80. The molecule has 0 saturated heterocycles. The van der Waals surface area contributed by atoms with Gasteiger partial charge in [0.15, 0.2) is 28.7 Å². The zero-order chi connectivity index (χ0) is 26.2. The van der Waals surface area contributed by atoms with Gasteiger partial charge in [0.05, 0.1) is 5.69 Å². The van der Waals surface area contributed by atoms with Gasteiger partial charge >= 0.3 is 6.09 Å². The number of hydrogen-bond acceptors (Lipinski definition) is 8. The second kappa shape index (κ2) is 10.0. The summed E-state index contributed by atoms with van der Waals surface area (Å²) in [6, 6.07) is 5.61. The van der Waals surface area contributed by atoms with Crippen LogP contribution in [0.15, 0.2) is 24.4 Å². The molecule has 3 aromatic rings. The highest BCUT2D eigenvalue weighted by Crippen LogP contribution is 2.40. The number of aliphatic hydroxyl groups is 1. The fourth-order valence-corrected chi connectivity index (χ4v) is 5.45. The van der Waals surface area contributed by atoms with Gasteiger partial charge in [0, 0.05) is 18.3 Å². The number of carbonyl (C=O) groups is 1. The number of aromatic nitrogens is 5. The highest BCUT2D eigenvalue weighted by atomic mass is 16.4. The molecule has 3 heterocycles. The second-order valence-electron chi connectivity index (χ2n) is 10.4. The van der Waals surface area contributed by atoms with Crippen molar-refractivity contribution in [1.29, 1.82) is 5.41 Å². The number of imidazole rings is 1. The summed E-state index contributed by atoms with van der Waals surface area (Å²) in [5.41, 5.74) is -0.0742. The van der Waals surface area contributed by atoms with Crippen LogP contribution in [0.2, 0.25) is 0 Å². The molecule has 1 unspecified atom stereocenters. The van der Waals surface area contributed by atoms with Crippen molar-refractivity contribution < 1.29 is 15.0 Å². The van der Waals surface area contributed by atoms with Crippen molar-refractivity contribution >= 4 is 28.9 Å². The van der Waals surface area contributed by atoms with Crippen LogP contribution in [0.25, 0.3) is 11.2 Å². The minimum atomic E-state index is -1.51. The Kier molecular flexibility index (Phi) is 6.80. The summed E-state index contributed by atoms with van der Waals surface area (Å²) < 4.78 is 2.07. The third-order valence-electron chi connectivity index (χ3n) is 7.76. The fraction of sp³-hybridized carbons (Fsp3) is 0.538. The predicted molar refractivity (Wildman–Crippen MR) is 139 cm³/mol. The zero-order valence-corrected chi connectivity index (χ0v) is 21.2. The Morgan fingerprint density at radius 2 is 1.89 bits per heavy atom. The molecule has 3 aromatic heterocycles. The number of pyridine rings is 1. The summed E-state index contributed by atoms with van der Waals surface area (Å²) in [6.45, 7) is 3.80. The molecule has 5 N–H and O–H groups in total. The van der Waals surface area contributed by atoms with Crippen LogP contribution in [0.5, 0.6) is 0 Å². The van der Waals surface area contributed by atoms with Gasteiger partial charge in [0.2, 0.25) is 0 Å². The summed E-state index contributed by atoms with van der Waals surface area (Å²) in [5, 5.41) is 34.8. The van der Waals surface area contributed by atoms with Crippen molar-refractivity contribution in [3.8, 4) is 0 Å². The fourth-order valence-electron chi connectivity index (χ4n) is 5.45. The quantitative estimate of drug-likeness (QED) is 0.235. The molecular weight excluding hydrogens is 472 g/mol. The molecule has 11 heteroatoms. The van der Waals surface area contributed by atoms with E-state index in [1.165, 1.54) is 6.42 Å². The van der Waals surface area contributed by atoms with E-state index in [-0.39, 0.29) is 17.9 Å². The van der Waals surface area contributed by atoms with Gasteiger partial charge in [-0.15, -0.1) is 0 Å². The molecule has 2 fully saturated rings. The van der Waals surface area contributed by atoms with E-state index in [2.05, 4.69) is 31.8 Å². The minimum absolute atomic E-state index is 0.0736. The maximum absolute atomic E-state index is 11.8.